The van der Waals surface area contributed by atoms with Crippen LogP contribution in [-0.4, -0.2) is 11.7 Å². The quantitative estimate of drug-likeness (QED) is 0.122. The van der Waals surface area contributed by atoms with Crippen LogP contribution in [0.2, 0.25) is 0 Å². The largest absolute Gasteiger partial charge is 0.762 e. The summed E-state index contributed by atoms with van der Waals surface area (Å²) in [6, 6.07) is 48.4. The standard InChI is InChI=1S/C40H23N7/c41-22-33(23-42)38(26-45)30-13-11-28(12-14-30)32-19-20-37(29-15-17-31(18-16-29)39(27-46)34(24-43)25-44)40(21-32)47(35-7-3-1-4-8-35)36-9-5-2-6-10-36/h1-21,38-39H/q-2. The Bertz CT molecular complexity index is 2140. The van der Waals surface area contributed by atoms with E-state index in [1.54, 1.807) is 24.3 Å². The normalized spacial score (nSPS) is 11.1. The highest BCUT2D eigenvalue weighted by Gasteiger charge is 2.20. The number of rotatable bonds is 9. The average Bonchev–Trinajstić information content (AvgIpc) is 3.14. The summed E-state index contributed by atoms with van der Waals surface area (Å²) in [5, 5.41) is 56.7. The first-order valence-electron chi connectivity index (χ1n) is 14.4. The monoisotopic (exact) mass is 601 g/mol. The molecule has 0 aliphatic rings. The second-order valence-electron chi connectivity index (χ2n) is 10.4. The Morgan fingerprint density at radius 1 is 0.511 bits per heavy atom. The van der Waals surface area contributed by atoms with E-state index >= 15 is 0 Å². The highest BCUT2D eigenvalue weighted by Crippen LogP contribution is 2.43. The first kappa shape index (κ1) is 31.2. The Balaban J connectivity index is 1.68. The fourth-order valence-corrected chi connectivity index (χ4v) is 5.36. The van der Waals surface area contributed by atoms with Crippen LogP contribution in [-0.2, 0) is 0 Å². The van der Waals surface area contributed by atoms with E-state index in [9.17, 15) is 31.9 Å². The highest BCUT2D eigenvalue weighted by molar-refractivity contribution is 5.91. The van der Waals surface area contributed by atoms with Crippen molar-refractivity contribution in [1.29, 1.82) is 21.0 Å². The molecule has 0 fully saturated rings. The van der Waals surface area contributed by atoms with Crippen LogP contribution in [0, 0.1) is 45.3 Å². The molecule has 0 spiro atoms. The molecule has 0 saturated carbocycles. The van der Waals surface area contributed by atoms with Crippen molar-refractivity contribution in [2.45, 2.75) is 11.8 Å². The second-order valence-corrected chi connectivity index (χ2v) is 10.4. The molecule has 0 amide bonds. The molecule has 5 rings (SSSR count). The molecule has 7 nitrogen and oxygen atoms in total. The van der Waals surface area contributed by atoms with E-state index in [1.165, 1.54) is 0 Å². The van der Waals surface area contributed by atoms with E-state index in [2.05, 4.69) is 23.1 Å². The lowest BCUT2D eigenvalue weighted by Crippen LogP contribution is -2.11. The van der Waals surface area contributed by atoms with Crippen molar-refractivity contribution in [2.75, 3.05) is 4.90 Å². The van der Waals surface area contributed by atoms with Gasteiger partial charge < -0.3 is 15.7 Å². The Kier molecular flexibility index (Phi) is 9.62. The lowest BCUT2D eigenvalue weighted by molar-refractivity contribution is 1.06. The molecule has 0 aromatic heterocycles. The van der Waals surface area contributed by atoms with E-state index < -0.39 is 11.8 Å². The van der Waals surface area contributed by atoms with Gasteiger partial charge >= 0.3 is 0 Å². The third-order valence-corrected chi connectivity index (χ3v) is 7.72. The van der Waals surface area contributed by atoms with Gasteiger partial charge in [0.1, 0.15) is 24.0 Å². The molecule has 0 aliphatic carbocycles. The molecule has 0 heterocycles. The van der Waals surface area contributed by atoms with Gasteiger partial charge in [-0.2, -0.15) is 21.0 Å². The number of anilines is 3. The van der Waals surface area contributed by atoms with Gasteiger partial charge in [-0.15, -0.1) is 0 Å². The molecule has 5 aromatic rings. The number of allylic oxidation sites excluding steroid dienone is 2. The van der Waals surface area contributed by atoms with Crippen molar-refractivity contribution in [1.82, 2.24) is 0 Å². The summed E-state index contributed by atoms with van der Waals surface area (Å²) in [4.78, 5) is 2.16. The molecular formula is C40H23N7-2. The van der Waals surface area contributed by atoms with E-state index in [-0.39, 0.29) is 11.1 Å². The summed E-state index contributed by atoms with van der Waals surface area (Å²) in [5.74, 6) is 1.77. The summed E-state index contributed by atoms with van der Waals surface area (Å²) in [6.45, 7) is 0. The first-order chi connectivity index (χ1) is 23.1. The first-order valence-corrected chi connectivity index (χ1v) is 14.4. The van der Waals surface area contributed by atoms with Crippen molar-refractivity contribution in [3.63, 3.8) is 0 Å². The fourth-order valence-electron chi connectivity index (χ4n) is 5.36. The number of benzene rings is 5. The van der Waals surface area contributed by atoms with E-state index in [4.69, 9.17) is 0 Å². The van der Waals surface area contributed by atoms with Crippen LogP contribution in [0.3, 0.4) is 0 Å². The topological polar surface area (TPSA) is 143 Å². The molecule has 7 heteroatoms. The van der Waals surface area contributed by atoms with Crippen LogP contribution in [0.5, 0.6) is 0 Å². The van der Waals surface area contributed by atoms with Crippen LogP contribution in [0.1, 0.15) is 23.0 Å². The van der Waals surface area contributed by atoms with Crippen molar-refractivity contribution in [3.05, 3.63) is 160 Å². The molecule has 47 heavy (non-hydrogen) atoms. The van der Waals surface area contributed by atoms with Crippen LogP contribution in [0.15, 0.2) is 139 Å². The third-order valence-electron chi connectivity index (χ3n) is 7.72. The van der Waals surface area contributed by atoms with E-state index in [0.717, 1.165) is 39.3 Å². The Hall–Kier alpha value is -7.24. The zero-order valence-corrected chi connectivity index (χ0v) is 24.9. The fraction of sp³-hybridized carbons (Fsp3) is 0.0500. The maximum Gasteiger partial charge on any atom is 0.112 e. The molecule has 0 bridgehead atoms. The molecule has 0 radical (unpaired) electrons. The van der Waals surface area contributed by atoms with Crippen molar-refractivity contribution < 1.29 is 0 Å². The Labute approximate surface area is 273 Å². The summed E-state index contributed by atoms with van der Waals surface area (Å²) in [6.07, 6.45) is 0. The minimum Gasteiger partial charge on any atom is -0.762 e. The lowest BCUT2D eigenvalue weighted by atomic mass is 9.90. The van der Waals surface area contributed by atoms with Crippen molar-refractivity contribution in [2.24, 2.45) is 0 Å². The highest BCUT2D eigenvalue weighted by atomic mass is 15.1. The van der Waals surface area contributed by atoms with Gasteiger partial charge in [0.25, 0.3) is 0 Å². The van der Waals surface area contributed by atoms with Crippen LogP contribution in [0.4, 0.5) is 17.1 Å². The zero-order valence-electron chi connectivity index (χ0n) is 24.9. The lowest BCUT2D eigenvalue weighted by Gasteiger charge is -2.28. The molecule has 0 N–H and O–H groups in total. The molecule has 220 valence electrons. The van der Waals surface area contributed by atoms with Crippen molar-refractivity contribution >= 4 is 28.8 Å². The van der Waals surface area contributed by atoms with Gasteiger partial charge in [0.2, 0.25) is 0 Å². The zero-order chi connectivity index (χ0) is 33.2. The predicted octanol–water partition coefficient (Wildman–Crippen LogP) is 9.08. The molecule has 0 aliphatic heterocycles. The minimum atomic E-state index is -0.954. The third kappa shape index (κ3) is 6.50. The molecular weight excluding hydrogens is 578 g/mol. The van der Waals surface area contributed by atoms with Gasteiger partial charge in [-0.3, -0.25) is 11.7 Å². The van der Waals surface area contributed by atoms with E-state index in [1.807, 2.05) is 121 Å². The molecule has 2 atom stereocenters. The van der Waals surface area contributed by atoms with Crippen molar-refractivity contribution in [3.8, 4) is 46.5 Å². The second kappa shape index (κ2) is 14.5. The van der Waals surface area contributed by atoms with Crippen LogP contribution >= 0.6 is 0 Å². The molecule has 2 unspecified atom stereocenters. The number of hydrogen-bond donors (Lipinski definition) is 0. The summed E-state index contributed by atoms with van der Waals surface area (Å²) >= 11 is 0. The predicted molar refractivity (Wildman–Crippen MR) is 184 cm³/mol. The van der Waals surface area contributed by atoms with Gasteiger partial charge in [0.05, 0.1) is 29.0 Å². The number of nitrogens with zero attached hydrogens (tertiary/aromatic N) is 7. The number of para-hydroxylation sites is 2. The van der Waals surface area contributed by atoms with Crippen LogP contribution < -0.4 is 4.90 Å². The van der Waals surface area contributed by atoms with Gasteiger partial charge in [-0.05, 0) is 58.1 Å². The average molecular weight is 602 g/mol. The Morgan fingerprint density at radius 2 is 0.936 bits per heavy atom. The SMILES string of the molecule is N#CC(=C=[N-])C(C#N)c1ccc(-c2ccc(-c3ccc(C(C#N)C(=C=[N-])C#N)cc3)c(N(c3ccccc3)c3ccccc3)c2)cc1. The smallest absolute Gasteiger partial charge is 0.112 e. The summed E-state index contributed by atoms with van der Waals surface area (Å²) in [7, 11) is 0. The van der Waals surface area contributed by atoms with Gasteiger partial charge in [-0.25, -0.2) is 0 Å². The minimum absolute atomic E-state index is 0.158. The summed E-state index contributed by atoms with van der Waals surface area (Å²) in [5.41, 5.74) is 7.07. The Morgan fingerprint density at radius 3 is 1.34 bits per heavy atom. The van der Waals surface area contributed by atoms with Gasteiger partial charge in [0.15, 0.2) is 0 Å². The van der Waals surface area contributed by atoms with Gasteiger partial charge in [0, 0.05) is 16.9 Å². The molecule has 5 aromatic carbocycles. The number of hydrogen-bond acceptors (Lipinski definition) is 5. The van der Waals surface area contributed by atoms with Gasteiger partial charge in [-0.1, -0.05) is 97.1 Å². The van der Waals surface area contributed by atoms with Crippen LogP contribution in [0.25, 0.3) is 33.1 Å². The van der Waals surface area contributed by atoms with E-state index in [0.29, 0.717) is 11.1 Å². The number of nitriles is 4. The summed E-state index contributed by atoms with van der Waals surface area (Å²) < 4.78 is 0. The maximum absolute atomic E-state index is 9.69. The maximum atomic E-state index is 9.69. The molecule has 0 saturated heterocycles.